The third kappa shape index (κ3) is 5.47. The van der Waals surface area contributed by atoms with E-state index >= 15 is 0 Å². The first-order valence-corrected chi connectivity index (χ1v) is 9.18. The number of carbonyl (C=O) groups is 1. The van der Waals surface area contributed by atoms with Crippen molar-refractivity contribution < 1.29 is 14.3 Å². The normalized spacial score (nSPS) is 14.3. The van der Waals surface area contributed by atoms with Crippen LogP contribution in [0.5, 0.6) is 11.5 Å². The predicted molar refractivity (Wildman–Crippen MR) is 101 cm³/mol. The number of halogens is 1. The Morgan fingerprint density at radius 3 is 2.64 bits per heavy atom. The lowest BCUT2D eigenvalue weighted by molar-refractivity contribution is 0.214. The first-order chi connectivity index (χ1) is 12.2. The van der Waals surface area contributed by atoms with Crippen LogP contribution in [0.3, 0.4) is 0 Å². The first-order valence-electron chi connectivity index (χ1n) is 8.39. The molecule has 2 aromatic rings. The number of nitrogens with zero attached hydrogens (tertiary/aromatic N) is 1. The Labute approximate surface area is 156 Å². The summed E-state index contributed by atoms with van der Waals surface area (Å²) in [6.07, 6.45) is 1.97. The van der Waals surface area contributed by atoms with E-state index < -0.39 is 6.09 Å². The molecule has 3 rings (SSSR count). The van der Waals surface area contributed by atoms with Gasteiger partial charge in [-0.15, -0.1) is 0 Å². The van der Waals surface area contributed by atoms with Crippen LogP contribution in [-0.4, -0.2) is 37.2 Å². The minimum Gasteiger partial charge on any atom is -0.490 e. The molecule has 0 bridgehead atoms. The molecule has 1 aliphatic rings. The Morgan fingerprint density at radius 1 is 1.12 bits per heavy atom. The SMILES string of the molecule is O=C(Nc1ccc(Br)cc1OCCN1CCCC1)Oc1ccccc1. The number of hydrogen-bond donors (Lipinski definition) is 1. The summed E-state index contributed by atoms with van der Waals surface area (Å²) in [7, 11) is 0. The van der Waals surface area contributed by atoms with Crippen molar-refractivity contribution in [2.45, 2.75) is 12.8 Å². The minimum atomic E-state index is -0.544. The van der Waals surface area contributed by atoms with E-state index in [-0.39, 0.29) is 0 Å². The molecule has 0 aliphatic carbocycles. The predicted octanol–water partition coefficient (Wildman–Crippen LogP) is 4.53. The van der Waals surface area contributed by atoms with E-state index in [1.54, 1.807) is 18.2 Å². The average molecular weight is 405 g/mol. The van der Waals surface area contributed by atoms with Gasteiger partial charge in [0.05, 0.1) is 5.69 Å². The van der Waals surface area contributed by atoms with Gasteiger partial charge in [-0.05, 0) is 56.3 Å². The number of nitrogens with one attached hydrogen (secondary N) is 1. The van der Waals surface area contributed by atoms with Gasteiger partial charge in [-0.2, -0.15) is 0 Å². The van der Waals surface area contributed by atoms with Crippen molar-refractivity contribution in [1.82, 2.24) is 4.90 Å². The van der Waals surface area contributed by atoms with Gasteiger partial charge in [0.15, 0.2) is 0 Å². The summed E-state index contributed by atoms with van der Waals surface area (Å²) in [6, 6.07) is 14.5. The monoisotopic (exact) mass is 404 g/mol. The minimum absolute atomic E-state index is 0.494. The molecule has 25 heavy (non-hydrogen) atoms. The summed E-state index contributed by atoms with van der Waals surface area (Å²) < 4.78 is 12.0. The lowest BCUT2D eigenvalue weighted by Crippen LogP contribution is -2.25. The van der Waals surface area contributed by atoms with E-state index in [0.717, 1.165) is 24.1 Å². The van der Waals surface area contributed by atoms with Crippen LogP contribution in [0, 0.1) is 0 Å². The molecule has 0 radical (unpaired) electrons. The van der Waals surface area contributed by atoms with Crippen LogP contribution in [0.25, 0.3) is 0 Å². The Morgan fingerprint density at radius 2 is 1.88 bits per heavy atom. The standard InChI is InChI=1S/C19H21BrN2O3/c20-15-8-9-17(21-19(23)25-16-6-2-1-3-7-16)18(14-15)24-13-12-22-10-4-5-11-22/h1-3,6-9,14H,4-5,10-13H2,(H,21,23). The second-order valence-corrected chi connectivity index (χ2v) is 6.78. The number of para-hydroxylation sites is 1. The first kappa shape index (κ1) is 17.8. The average Bonchev–Trinajstić information content (AvgIpc) is 3.11. The van der Waals surface area contributed by atoms with Crippen molar-refractivity contribution in [2.24, 2.45) is 0 Å². The van der Waals surface area contributed by atoms with E-state index in [0.29, 0.717) is 23.8 Å². The van der Waals surface area contributed by atoms with Crippen LogP contribution in [0.1, 0.15) is 12.8 Å². The smallest absolute Gasteiger partial charge is 0.417 e. The molecule has 0 aromatic heterocycles. The Kier molecular flexibility index (Phi) is 6.30. The second kappa shape index (κ2) is 8.87. The van der Waals surface area contributed by atoms with Crippen molar-refractivity contribution in [3.63, 3.8) is 0 Å². The number of benzene rings is 2. The second-order valence-electron chi connectivity index (χ2n) is 5.87. The molecule has 0 spiro atoms. The van der Waals surface area contributed by atoms with Crippen molar-refractivity contribution >= 4 is 27.7 Å². The Bertz CT molecular complexity index is 703. The largest absolute Gasteiger partial charge is 0.490 e. The van der Waals surface area contributed by atoms with Crippen molar-refractivity contribution in [3.05, 3.63) is 53.0 Å². The lowest BCUT2D eigenvalue weighted by Gasteiger charge is -2.17. The molecule has 1 fully saturated rings. The summed E-state index contributed by atoms with van der Waals surface area (Å²) in [5.41, 5.74) is 0.588. The van der Waals surface area contributed by atoms with Crippen molar-refractivity contribution in [1.29, 1.82) is 0 Å². The van der Waals surface area contributed by atoms with Crippen LogP contribution < -0.4 is 14.8 Å². The van der Waals surface area contributed by atoms with Crippen LogP contribution in [0.15, 0.2) is 53.0 Å². The summed E-state index contributed by atoms with van der Waals surface area (Å²) in [5.74, 6) is 1.12. The van der Waals surface area contributed by atoms with Crippen LogP contribution >= 0.6 is 15.9 Å². The fourth-order valence-electron chi connectivity index (χ4n) is 2.74. The Hall–Kier alpha value is -2.05. The zero-order chi connectivity index (χ0) is 17.5. The highest BCUT2D eigenvalue weighted by Crippen LogP contribution is 2.29. The molecule has 0 saturated carbocycles. The maximum atomic E-state index is 12.1. The molecular weight excluding hydrogens is 384 g/mol. The summed E-state index contributed by atoms with van der Waals surface area (Å²) in [6.45, 7) is 3.74. The number of carbonyl (C=O) groups excluding carboxylic acids is 1. The highest BCUT2D eigenvalue weighted by molar-refractivity contribution is 9.10. The van der Waals surface area contributed by atoms with Gasteiger partial charge in [0.25, 0.3) is 0 Å². The van der Waals surface area contributed by atoms with Crippen LogP contribution in [0.4, 0.5) is 10.5 Å². The maximum Gasteiger partial charge on any atom is 0.417 e. The summed E-state index contributed by atoms with van der Waals surface area (Å²) in [4.78, 5) is 14.5. The molecule has 1 heterocycles. The van der Waals surface area contributed by atoms with Gasteiger partial charge in [-0.25, -0.2) is 4.79 Å². The zero-order valence-corrected chi connectivity index (χ0v) is 15.5. The van der Waals surface area contributed by atoms with E-state index in [1.165, 1.54) is 12.8 Å². The van der Waals surface area contributed by atoms with Gasteiger partial charge in [-0.1, -0.05) is 34.1 Å². The lowest BCUT2D eigenvalue weighted by atomic mass is 10.3. The van der Waals surface area contributed by atoms with Gasteiger partial charge in [0.2, 0.25) is 0 Å². The molecule has 1 aliphatic heterocycles. The van der Waals surface area contributed by atoms with E-state index in [1.807, 2.05) is 30.3 Å². The van der Waals surface area contributed by atoms with Crippen molar-refractivity contribution in [3.8, 4) is 11.5 Å². The number of rotatable bonds is 6. The number of ether oxygens (including phenoxy) is 2. The molecule has 1 saturated heterocycles. The quantitative estimate of drug-likeness (QED) is 0.767. The zero-order valence-electron chi connectivity index (χ0n) is 13.9. The van der Waals surface area contributed by atoms with E-state index in [2.05, 4.69) is 26.1 Å². The fourth-order valence-corrected chi connectivity index (χ4v) is 3.08. The maximum absolute atomic E-state index is 12.1. The van der Waals surface area contributed by atoms with Crippen LogP contribution in [0.2, 0.25) is 0 Å². The molecule has 2 aromatic carbocycles. The molecule has 0 unspecified atom stereocenters. The Balaban J connectivity index is 1.58. The molecule has 5 nitrogen and oxygen atoms in total. The highest BCUT2D eigenvalue weighted by Gasteiger charge is 2.13. The van der Waals surface area contributed by atoms with Gasteiger partial charge >= 0.3 is 6.09 Å². The molecule has 132 valence electrons. The topological polar surface area (TPSA) is 50.8 Å². The van der Waals surface area contributed by atoms with E-state index in [4.69, 9.17) is 9.47 Å². The third-order valence-electron chi connectivity index (χ3n) is 4.00. The van der Waals surface area contributed by atoms with E-state index in [9.17, 15) is 4.79 Å². The summed E-state index contributed by atoms with van der Waals surface area (Å²) in [5, 5.41) is 2.74. The van der Waals surface area contributed by atoms with Crippen molar-refractivity contribution in [2.75, 3.05) is 31.6 Å². The van der Waals surface area contributed by atoms with Gasteiger partial charge < -0.3 is 9.47 Å². The molecule has 1 N–H and O–H groups in total. The number of likely N-dealkylation sites (tertiary alicyclic amines) is 1. The van der Waals surface area contributed by atoms with Crippen LogP contribution in [-0.2, 0) is 0 Å². The fraction of sp³-hybridized carbons (Fsp3) is 0.316. The van der Waals surface area contributed by atoms with Gasteiger partial charge in [-0.3, -0.25) is 10.2 Å². The number of hydrogen-bond acceptors (Lipinski definition) is 4. The third-order valence-corrected chi connectivity index (χ3v) is 4.49. The molecule has 1 amide bonds. The number of amides is 1. The summed E-state index contributed by atoms with van der Waals surface area (Å²) >= 11 is 3.44. The van der Waals surface area contributed by atoms with Gasteiger partial charge in [0, 0.05) is 11.0 Å². The number of anilines is 1. The molecule has 0 atom stereocenters. The van der Waals surface area contributed by atoms with Gasteiger partial charge in [0.1, 0.15) is 18.1 Å². The highest BCUT2D eigenvalue weighted by atomic mass is 79.9. The molecular formula is C19H21BrN2O3. The molecule has 6 heteroatoms.